The van der Waals surface area contributed by atoms with Crippen molar-refractivity contribution in [3.63, 3.8) is 0 Å². The van der Waals surface area contributed by atoms with Crippen molar-refractivity contribution in [3.05, 3.63) is 41.7 Å². The van der Waals surface area contributed by atoms with E-state index in [9.17, 15) is 4.79 Å². The number of nitrogens with zero attached hydrogens (tertiary/aromatic N) is 3. The molecule has 2 aromatic rings. The summed E-state index contributed by atoms with van der Waals surface area (Å²) in [6.07, 6.45) is 2.23. The quantitative estimate of drug-likeness (QED) is 0.855. The highest BCUT2D eigenvalue weighted by Crippen LogP contribution is 2.08. The lowest BCUT2D eigenvalue weighted by molar-refractivity contribution is 0.0910. The lowest BCUT2D eigenvalue weighted by Crippen LogP contribution is -2.37. The number of aromatic nitrogens is 3. The van der Waals surface area contributed by atoms with Gasteiger partial charge in [-0.2, -0.15) is 0 Å². The Morgan fingerprint density at radius 2 is 2.10 bits per heavy atom. The van der Waals surface area contributed by atoms with Crippen molar-refractivity contribution in [2.75, 3.05) is 6.61 Å². The SMILES string of the molecule is CCC(CO)NC(=O)c1cn(-c2ccc(C)cc2)nn1. The number of aryl methyl sites for hydroxylation is 1. The number of aliphatic hydroxyl groups is 1. The zero-order valence-corrected chi connectivity index (χ0v) is 11.6. The third kappa shape index (κ3) is 3.21. The summed E-state index contributed by atoms with van der Waals surface area (Å²) in [5.41, 5.74) is 2.23. The monoisotopic (exact) mass is 274 g/mol. The number of amides is 1. The van der Waals surface area contributed by atoms with Crippen molar-refractivity contribution in [2.24, 2.45) is 0 Å². The summed E-state index contributed by atoms with van der Waals surface area (Å²) in [6, 6.07) is 7.50. The molecule has 1 aromatic carbocycles. The Hall–Kier alpha value is -2.21. The average molecular weight is 274 g/mol. The second kappa shape index (κ2) is 6.29. The average Bonchev–Trinajstić information content (AvgIpc) is 2.95. The van der Waals surface area contributed by atoms with Gasteiger partial charge in [0.25, 0.3) is 5.91 Å². The third-order valence-corrected chi connectivity index (χ3v) is 3.07. The summed E-state index contributed by atoms with van der Waals surface area (Å²) in [6.45, 7) is 3.81. The van der Waals surface area contributed by atoms with Gasteiger partial charge in [0.2, 0.25) is 0 Å². The van der Waals surface area contributed by atoms with Crippen molar-refractivity contribution in [1.82, 2.24) is 20.3 Å². The van der Waals surface area contributed by atoms with Gasteiger partial charge in [0.05, 0.1) is 24.5 Å². The van der Waals surface area contributed by atoms with Gasteiger partial charge in [0.1, 0.15) is 0 Å². The Morgan fingerprint density at radius 3 is 2.70 bits per heavy atom. The molecule has 0 fully saturated rings. The van der Waals surface area contributed by atoms with Crippen LogP contribution in [0.1, 0.15) is 29.4 Å². The third-order valence-electron chi connectivity index (χ3n) is 3.07. The van der Waals surface area contributed by atoms with Crippen molar-refractivity contribution in [2.45, 2.75) is 26.3 Å². The van der Waals surface area contributed by atoms with Crippen LogP contribution in [0.2, 0.25) is 0 Å². The minimum atomic E-state index is -0.329. The molecule has 1 aromatic heterocycles. The summed E-state index contributed by atoms with van der Waals surface area (Å²) in [4.78, 5) is 11.9. The Kier molecular flexibility index (Phi) is 4.47. The molecule has 1 atom stereocenters. The predicted molar refractivity (Wildman–Crippen MR) is 74.7 cm³/mol. The van der Waals surface area contributed by atoms with E-state index < -0.39 is 0 Å². The van der Waals surface area contributed by atoms with E-state index >= 15 is 0 Å². The molecule has 0 aliphatic heterocycles. The molecule has 0 saturated carbocycles. The lowest BCUT2D eigenvalue weighted by Gasteiger charge is -2.12. The Labute approximate surface area is 117 Å². The Balaban J connectivity index is 2.12. The Bertz CT molecular complexity index is 573. The first-order valence-corrected chi connectivity index (χ1v) is 6.55. The summed E-state index contributed by atoms with van der Waals surface area (Å²) < 4.78 is 1.55. The molecule has 2 N–H and O–H groups in total. The first-order valence-electron chi connectivity index (χ1n) is 6.55. The number of benzene rings is 1. The van der Waals surface area contributed by atoms with Crippen LogP contribution in [0.25, 0.3) is 5.69 Å². The predicted octanol–water partition coefficient (Wildman–Crippen LogP) is 1.08. The van der Waals surface area contributed by atoms with Crippen molar-refractivity contribution < 1.29 is 9.90 Å². The minimum Gasteiger partial charge on any atom is -0.394 e. The highest BCUT2D eigenvalue weighted by Gasteiger charge is 2.15. The largest absolute Gasteiger partial charge is 0.394 e. The summed E-state index contributed by atoms with van der Waals surface area (Å²) in [5.74, 6) is -0.329. The van der Waals surface area contributed by atoms with Crippen LogP contribution >= 0.6 is 0 Å². The second-order valence-electron chi connectivity index (χ2n) is 4.65. The summed E-state index contributed by atoms with van der Waals surface area (Å²) >= 11 is 0. The maximum atomic E-state index is 11.9. The van der Waals surface area contributed by atoms with E-state index in [4.69, 9.17) is 5.11 Å². The maximum absolute atomic E-state index is 11.9. The maximum Gasteiger partial charge on any atom is 0.273 e. The zero-order chi connectivity index (χ0) is 14.5. The number of carbonyl (C=O) groups is 1. The number of nitrogens with one attached hydrogen (secondary N) is 1. The molecule has 1 heterocycles. The van der Waals surface area contributed by atoms with E-state index in [1.165, 1.54) is 0 Å². The molecule has 0 bridgehead atoms. The molecule has 0 radical (unpaired) electrons. The van der Waals surface area contributed by atoms with Gasteiger partial charge in [-0.3, -0.25) is 4.79 Å². The molecule has 6 nitrogen and oxygen atoms in total. The molecule has 0 saturated heterocycles. The normalized spacial score (nSPS) is 12.2. The van der Waals surface area contributed by atoms with E-state index in [1.54, 1.807) is 10.9 Å². The number of hydrogen-bond donors (Lipinski definition) is 2. The van der Waals surface area contributed by atoms with E-state index in [0.717, 1.165) is 11.3 Å². The van der Waals surface area contributed by atoms with E-state index in [1.807, 2.05) is 38.1 Å². The number of hydrogen-bond acceptors (Lipinski definition) is 4. The fourth-order valence-electron chi connectivity index (χ4n) is 1.73. The van der Waals surface area contributed by atoms with Crippen LogP contribution in [0.3, 0.4) is 0 Å². The number of rotatable bonds is 5. The molecular weight excluding hydrogens is 256 g/mol. The Morgan fingerprint density at radius 1 is 1.40 bits per heavy atom. The first kappa shape index (κ1) is 14.2. The highest BCUT2D eigenvalue weighted by molar-refractivity contribution is 5.92. The number of carbonyl (C=O) groups excluding carboxylic acids is 1. The van der Waals surface area contributed by atoms with Gasteiger partial charge in [-0.25, -0.2) is 4.68 Å². The number of aliphatic hydroxyl groups excluding tert-OH is 1. The van der Waals surface area contributed by atoms with Gasteiger partial charge < -0.3 is 10.4 Å². The standard InChI is InChI=1S/C14H18N4O2/c1-3-11(9-19)15-14(20)13-8-18(17-16-13)12-6-4-10(2)5-7-12/h4-8,11,19H,3,9H2,1-2H3,(H,15,20). The van der Waals surface area contributed by atoms with E-state index in [0.29, 0.717) is 6.42 Å². The fourth-order valence-corrected chi connectivity index (χ4v) is 1.73. The van der Waals surface area contributed by atoms with Crippen LogP contribution in [-0.4, -0.2) is 38.7 Å². The van der Waals surface area contributed by atoms with Crippen molar-refractivity contribution in [3.8, 4) is 5.69 Å². The molecule has 2 rings (SSSR count). The molecule has 0 spiro atoms. The first-order chi connectivity index (χ1) is 9.63. The van der Waals surface area contributed by atoms with Crippen molar-refractivity contribution >= 4 is 5.91 Å². The van der Waals surface area contributed by atoms with Gasteiger partial charge in [-0.1, -0.05) is 29.8 Å². The molecule has 1 unspecified atom stereocenters. The van der Waals surface area contributed by atoms with Crippen LogP contribution in [0, 0.1) is 6.92 Å². The van der Waals surface area contributed by atoms with Gasteiger partial charge >= 0.3 is 0 Å². The molecule has 0 aliphatic carbocycles. The van der Waals surface area contributed by atoms with E-state index in [-0.39, 0.29) is 24.2 Å². The van der Waals surface area contributed by atoms with Gasteiger partial charge in [0.15, 0.2) is 5.69 Å². The van der Waals surface area contributed by atoms with Gasteiger partial charge in [0, 0.05) is 0 Å². The summed E-state index contributed by atoms with van der Waals surface area (Å²) in [5, 5.41) is 19.6. The second-order valence-corrected chi connectivity index (χ2v) is 4.65. The van der Waals surface area contributed by atoms with Crippen molar-refractivity contribution in [1.29, 1.82) is 0 Å². The van der Waals surface area contributed by atoms with Crippen LogP contribution in [0.15, 0.2) is 30.5 Å². The van der Waals surface area contributed by atoms with Gasteiger partial charge in [-0.15, -0.1) is 5.10 Å². The topological polar surface area (TPSA) is 80.0 Å². The summed E-state index contributed by atoms with van der Waals surface area (Å²) in [7, 11) is 0. The zero-order valence-electron chi connectivity index (χ0n) is 11.6. The minimum absolute atomic E-state index is 0.0889. The molecule has 20 heavy (non-hydrogen) atoms. The fraction of sp³-hybridized carbons (Fsp3) is 0.357. The van der Waals surface area contributed by atoms with E-state index in [2.05, 4.69) is 15.6 Å². The van der Waals surface area contributed by atoms with Crippen LogP contribution < -0.4 is 5.32 Å². The molecule has 1 amide bonds. The lowest BCUT2D eigenvalue weighted by atomic mass is 10.2. The van der Waals surface area contributed by atoms with Crippen LogP contribution in [-0.2, 0) is 0 Å². The highest BCUT2D eigenvalue weighted by atomic mass is 16.3. The molecular formula is C14H18N4O2. The molecule has 6 heteroatoms. The smallest absolute Gasteiger partial charge is 0.273 e. The molecule has 0 aliphatic rings. The van der Waals surface area contributed by atoms with Gasteiger partial charge in [-0.05, 0) is 25.5 Å². The molecule has 106 valence electrons. The van der Waals surface area contributed by atoms with Crippen LogP contribution in [0.4, 0.5) is 0 Å². The van der Waals surface area contributed by atoms with Crippen LogP contribution in [0.5, 0.6) is 0 Å².